The maximum absolute atomic E-state index is 9.11. The number of allylic oxidation sites excluding steroid dienone is 2. The van der Waals surface area contributed by atoms with Crippen molar-refractivity contribution >= 4 is 0 Å². The Hall–Kier alpha value is -2.84. The van der Waals surface area contributed by atoms with Crippen molar-refractivity contribution in [3.8, 4) is 12.1 Å². The summed E-state index contributed by atoms with van der Waals surface area (Å²) < 4.78 is 0. The highest BCUT2D eigenvalue weighted by Crippen LogP contribution is 2.32. The molecule has 0 unspecified atom stereocenters. The van der Waals surface area contributed by atoms with E-state index in [4.69, 9.17) is 10.5 Å². The van der Waals surface area contributed by atoms with Crippen LogP contribution >= 0.6 is 0 Å². The van der Waals surface area contributed by atoms with Crippen molar-refractivity contribution in [2.75, 3.05) is 0 Å². The molecule has 0 N–H and O–H groups in total. The average Bonchev–Trinajstić information content (AvgIpc) is 2.51. The van der Waals surface area contributed by atoms with Gasteiger partial charge in [-0.05, 0) is 23.6 Å². The van der Waals surface area contributed by atoms with Gasteiger partial charge in [0, 0.05) is 5.92 Å². The second-order valence-corrected chi connectivity index (χ2v) is 4.54. The molecule has 0 aliphatic heterocycles. The Morgan fingerprint density at radius 1 is 0.800 bits per heavy atom. The van der Waals surface area contributed by atoms with Crippen LogP contribution in [0.2, 0.25) is 0 Å². The molecule has 0 aliphatic rings. The largest absolute Gasteiger partial charge is 0.192 e. The van der Waals surface area contributed by atoms with Gasteiger partial charge in [0.25, 0.3) is 0 Å². The highest BCUT2D eigenvalue weighted by Gasteiger charge is 2.18. The molecule has 0 fully saturated rings. The summed E-state index contributed by atoms with van der Waals surface area (Å²) in [6.45, 7) is 1.85. The third-order valence-electron chi connectivity index (χ3n) is 3.32. The molecule has 20 heavy (non-hydrogen) atoms. The van der Waals surface area contributed by atoms with Gasteiger partial charge in [-0.3, -0.25) is 0 Å². The standard InChI is InChI=1S/C18H14N2/c1-14(17(12-19)13-20)18(15-8-4-2-5-9-15)16-10-6-3-7-11-16/h2-11,18H,1H3. The Morgan fingerprint density at radius 3 is 1.55 bits per heavy atom. The van der Waals surface area contributed by atoms with Crippen LogP contribution in [-0.2, 0) is 0 Å². The smallest absolute Gasteiger partial charge is 0.129 e. The number of rotatable bonds is 3. The van der Waals surface area contributed by atoms with Crippen LogP contribution in [0.4, 0.5) is 0 Å². The second kappa shape index (κ2) is 6.36. The molecule has 96 valence electrons. The van der Waals surface area contributed by atoms with Crippen molar-refractivity contribution in [3.05, 3.63) is 82.9 Å². The molecule has 0 saturated heterocycles. The van der Waals surface area contributed by atoms with Gasteiger partial charge < -0.3 is 0 Å². The molecular weight excluding hydrogens is 244 g/mol. The SMILES string of the molecule is CC(=C(C#N)C#N)C(c1ccccc1)c1ccccc1. The summed E-state index contributed by atoms with van der Waals surface area (Å²) >= 11 is 0. The van der Waals surface area contributed by atoms with E-state index >= 15 is 0 Å². The molecule has 0 amide bonds. The zero-order chi connectivity index (χ0) is 14.4. The highest BCUT2D eigenvalue weighted by atomic mass is 14.3. The van der Waals surface area contributed by atoms with E-state index in [9.17, 15) is 0 Å². The van der Waals surface area contributed by atoms with Gasteiger partial charge in [0.05, 0.1) is 0 Å². The highest BCUT2D eigenvalue weighted by molar-refractivity contribution is 5.49. The maximum atomic E-state index is 9.11. The fraction of sp³-hybridized carbons (Fsp3) is 0.111. The van der Waals surface area contributed by atoms with E-state index in [-0.39, 0.29) is 11.5 Å². The lowest BCUT2D eigenvalue weighted by atomic mass is 9.84. The Balaban J connectivity index is 2.62. The minimum atomic E-state index is -0.0632. The summed E-state index contributed by atoms with van der Waals surface area (Å²) in [6, 6.07) is 23.9. The first-order chi connectivity index (χ1) is 9.77. The number of nitriles is 2. The summed E-state index contributed by atoms with van der Waals surface area (Å²) in [5.74, 6) is -0.0632. The lowest BCUT2D eigenvalue weighted by Crippen LogP contribution is -2.04. The molecule has 2 nitrogen and oxygen atoms in total. The summed E-state index contributed by atoms with van der Waals surface area (Å²) in [7, 11) is 0. The summed E-state index contributed by atoms with van der Waals surface area (Å²) in [4.78, 5) is 0. The van der Waals surface area contributed by atoms with Crippen LogP contribution in [0.15, 0.2) is 71.8 Å². The Morgan fingerprint density at radius 2 is 1.20 bits per heavy atom. The molecule has 2 heteroatoms. The van der Waals surface area contributed by atoms with Crippen LogP contribution in [0.3, 0.4) is 0 Å². The predicted molar refractivity (Wildman–Crippen MR) is 78.7 cm³/mol. The monoisotopic (exact) mass is 258 g/mol. The zero-order valence-corrected chi connectivity index (χ0v) is 11.2. The Labute approximate surface area is 119 Å². The molecule has 0 atom stereocenters. The molecule has 0 saturated carbocycles. The number of hydrogen-bond acceptors (Lipinski definition) is 2. The van der Waals surface area contributed by atoms with Gasteiger partial charge in [0.1, 0.15) is 17.7 Å². The summed E-state index contributed by atoms with van der Waals surface area (Å²) in [6.07, 6.45) is 0. The molecule has 2 aromatic carbocycles. The first kappa shape index (κ1) is 13.6. The molecule has 0 heterocycles. The Kier molecular flexibility index (Phi) is 4.32. The van der Waals surface area contributed by atoms with Crippen molar-refractivity contribution in [1.29, 1.82) is 10.5 Å². The van der Waals surface area contributed by atoms with Crippen LogP contribution in [0, 0.1) is 22.7 Å². The van der Waals surface area contributed by atoms with Crippen molar-refractivity contribution in [1.82, 2.24) is 0 Å². The molecule has 0 bridgehead atoms. The number of nitrogens with zero attached hydrogens (tertiary/aromatic N) is 2. The van der Waals surface area contributed by atoms with Crippen LogP contribution in [0.1, 0.15) is 24.0 Å². The fourth-order valence-corrected chi connectivity index (χ4v) is 2.33. The third-order valence-corrected chi connectivity index (χ3v) is 3.32. The molecule has 0 spiro atoms. The zero-order valence-electron chi connectivity index (χ0n) is 11.2. The maximum Gasteiger partial charge on any atom is 0.129 e. The first-order valence-corrected chi connectivity index (χ1v) is 6.38. The third kappa shape index (κ3) is 2.76. The van der Waals surface area contributed by atoms with Crippen LogP contribution in [0.5, 0.6) is 0 Å². The van der Waals surface area contributed by atoms with E-state index in [0.717, 1.165) is 16.7 Å². The van der Waals surface area contributed by atoms with Crippen molar-refractivity contribution in [2.24, 2.45) is 0 Å². The molecule has 0 aliphatic carbocycles. The fourth-order valence-electron chi connectivity index (χ4n) is 2.33. The normalized spacial score (nSPS) is 9.60. The van der Waals surface area contributed by atoms with E-state index in [0.29, 0.717) is 0 Å². The van der Waals surface area contributed by atoms with E-state index in [2.05, 4.69) is 0 Å². The van der Waals surface area contributed by atoms with Crippen LogP contribution in [-0.4, -0.2) is 0 Å². The molecule has 2 rings (SSSR count). The Bertz CT molecular complexity index is 630. The van der Waals surface area contributed by atoms with Gasteiger partial charge in [-0.25, -0.2) is 0 Å². The van der Waals surface area contributed by atoms with Gasteiger partial charge in [0.15, 0.2) is 0 Å². The minimum absolute atomic E-state index is 0.0632. The van der Waals surface area contributed by atoms with Gasteiger partial charge in [-0.2, -0.15) is 10.5 Å². The van der Waals surface area contributed by atoms with Crippen molar-refractivity contribution in [2.45, 2.75) is 12.8 Å². The van der Waals surface area contributed by atoms with Gasteiger partial charge >= 0.3 is 0 Å². The molecular formula is C18H14N2. The van der Waals surface area contributed by atoms with Gasteiger partial charge in [0.2, 0.25) is 0 Å². The quantitative estimate of drug-likeness (QED) is 0.775. The number of benzene rings is 2. The first-order valence-electron chi connectivity index (χ1n) is 6.38. The van der Waals surface area contributed by atoms with Crippen LogP contribution in [0.25, 0.3) is 0 Å². The van der Waals surface area contributed by atoms with Crippen LogP contribution < -0.4 is 0 Å². The lowest BCUT2D eigenvalue weighted by molar-refractivity contribution is 0.939. The number of hydrogen-bond donors (Lipinski definition) is 0. The van der Waals surface area contributed by atoms with Crippen molar-refractivity contribution < 1.29 is 0 Å². The van der Waals surface area contributed by atoms with E-state index in [1.807, 2.05) is 79.7 Å². The van der Waals surface area contributed by atoms with Gasteiger partial charge in [-0.1, -0.05) is 60.7 Å². The summed E-state index contributed by atoms with van der Waals surface area (Å²) in [5.41, 5.74) is 3.13. The van der Waals surface area contributed by atoms with E-state index in [1.165, 1.54) is 0 Å². The van der Waals surface area contributed by atoms with Gasteiger partial charge in [-0.15, -0.1) is 0 Å². The molecule has 2 aromatic rings. The topological polar surface area (TPSA) is 47.6 Å². The molecule has 0 radical (unpaired) electrons. The lowest BCUT2D eigenvalue weighted by Gasteiger charge is -2.19. The van der Waals surface area contributed by atoms with E-state index < -0.39 is 0 Å². The molecule has 0 aromatic heterocycles. The second-order valence-electron chi connectivity index (χ2n) is 4.54. The van der Waals surface area contributed by atoms with E-state index in [1.54, 1.807) is 0 Å². The predicted octanol–water partition coefficient (Wildman–Crippen LogP) is 4.18. The van der Waals surface area contributed by atoms with Crippen molar-refractivity contribution in [3.63, 3.8) is 0 Å². The summed E-state index contributed by atoms with van der Waals surface area (Å²) in [5, 5.41) is 18.2. The average molecular weight is 258 g/mol. The minimum Gasteiger partial charge on any atom is -0.192 e.